The summed E-state index contributed by atoms with van der Waals surface area (Å²) in [6.45, 7) is 4.30. The molecule has 0 fully saturated rings. The highest BCUT2D eigenvalue weighted by Crippen LogP contribution is 2.26. The van der Waals surface area contributed by atoms with E-state index < -0.39 is 0 Å². The third-order valence-electron chi connectivity index (χ3n) is 3.17. The van der Waals surface area contributed by atoms with Gasteiger partial charge in [0.25, 0.3) is 0 Å². The number of carbonyl (C=O) groups excluding carboxylic acids is 1. The lowest BCUT2D eigenvalue weighted by atomic mass is 10.1. The fraction of sp³-hybridized carbons (Fsp3) is 0.222. The minimum Gasteiger partial charge on any atom is -0.504 e. The topological polar surface area (TPSA) is 70.9 Å². The predicted octanol–water partition coefficient (Wildman–Crippen LogP) is 2.79. The van der Waals surface area contributed by atoms with Crippen LogP contribution < -0.4 is 10.2 Å². The molecule has 0 saturated carbocycles. The highest BCUT2D eigenvalue weighted by molar-refractivity contribution is 5.84. The van der Waals surface area contributed by atoms with Gasteiger partial charge in [0.1, 0.15) is 0 Å². The van der Waals surface area contributed by atoms with E-state index in [4.69, 9.17) is 4.74 Å². The molecule has 0 atom stereocenters. The van der Waals surface area contributed by atoms with Crippen LogP contribution in [0.15, 0.2) is 47.6 Å². The number of hydrogen-bond donors (Lipinski definition) is 2. The quantitative estimate of drug-likeness (QED) is 0.636. The molecule has 0 saturated heterocycles. The molecule has 2 aromatic rings. The van der Waals surface area contributed by atoms with Crippen LogP contribution in [0.2, 0.25) is 0 Å². The maximum absolute atomic E-state index is 11.8. The second-order valence-corrected chi connectivity index (χ2v) is 5.12. The van der Waals surface area contributed by atoms with E-state index in [0.717, 1.165) is 16.7 Å². The number of rotatable bonds is 6. The number of phenolic OH excluding ortho intramolecular Hbond substituents is 1. The van der Waals surface area contributed by atoms with Gasteiger partial charge in [0, 0.05) is 0 Å². The van der Waals surface area contributed by atoms with Crippen molar-refractivity contribution in [3.8, 4) is 11.5 Å². The van der Waals surface area contributed by atoms with Gasteiger partial charge in [-0.15, -0.1) is 0 Å². The number of phenols is 1. The van der Waals surface area contributed by atoms with Gasteiger partial charge in [-0.25, -0.2) is 5.43 Å². The lowest BCUT2D eigenvalue weighted by Gasteiger charge is -2.06. The van der Waals surface area contributed by atoms with E-state index in [0.29, 0.717) is 12.4 Å². The number of carbonyl (C=O) groups is 1. The zero-order valence-electron chi connectivity index (χ0n) is 13.2. The highest BCUT2D eigenvalue weighted by atomic mass is 16.5. The minimum atomic E-state index is -0.186. The molecule has 2 aromatic carbocycles. The summed E-state index contributed by atoms with van der Waals surface area (Å²) in [7, 11) is 0. The first-order chi connectivity index (χ1) is 11.1. The molecule has 0 heterocycles. The summed E-state index contributed by atoms with van der Waals surface area (Å²) in [5.74, 6) is 0.281. The molecule has 5 heteroatoms. The van der Waals surface area contributed by atoms with Crippen molar-refractivity contribution in [1.29, 1.82) is 0 Å². The number of ether oxygens (including phenoxy) is 1. The molecule has 5 nitrogen and oxygen atoms in total. The SMILES string of the molecule is CCOc1cc(/C=N\NC(=O)Cc2ccc(C)cc2)ccc1O. The van der Waals surface area contributed by atoms with Crippen molar-refractivity contribution in [2.24, 2.45) is 5.10 Å². The van der Waals surface area contributed by atoms with Crippen LogP contribution in [0.1, 0.15) is 23.6 Å². The van der Waals surface area contributed by atoms with Crippen molar-refractivity contribution in [3.63, 3.8) is 0 Å². The Morgan fingerprint density at radius 2 is 2.00 bits per heavy atom. The van der Waals surface area contributed by atoms with E-state index in [-0.39, 0.29) is 18.1 Å². The molecule has 1 amide bonds. The maximum Gasteiger partial charge on any atom is 0.244 e. The smallest absolute Gasteiger partial charge is 0.244 e. The van der Waals surface area contributed by atoms with Crippen LogP contribution >= 0.6 is 0 Å². The molecule has 0 radical (unpaired) electrons. The Labute approximate surface area is 135 Å². The predicted molar refractivity (Wildman–Crippen MR) is 89.9 cm³/mol. The average Bonchev–Trinajstić information content (AvgIpc) is 2.53. The summed E-state index contributed by atoms with van der Waals surface area (Å²) in [5, 5.41) is 13.5. The van der Waals surface area contributed by atoms with Crippen LogP contribution in [0.5, 0.6) is 11.5 Å². The van der Waals surface area contributed by atoms with Crippen molar-refractivity contribution in [2.45, 2.75) is 20.3 Å². The van der Waals surface area contributed by atoms with E-state index in [1.165, 1.54) is 12.3 Å². The van der Waals surface area contributed by atoms with Gasteiger partial charge in [-0.05, 0) is 43.2 Å². The largest absolute Gasteiger partial charge is 0.504 e. The number of hydrazone groups is 1. The molecule has 0 aliphatic carbocycles. The van der Waals surface area contributed by atoms with Gasteiger partial charge in [0.2, 0.25) is 5.91 Å². The Hall–Kier alpha value is -2.82. The van der Waals surface area contributed by atoms with Crippen LogP contribution in [-0.2, 0) is 11.2 Å². The van der Waals surface area contributed by atoms with E-state index in [1.807, 2.05) is 38.1 Å². The molecule has 0 aliphatic rings. The molecule has 0 bridgehead atoms. The zero-order valence-corrected chi connectivity index (χ0v) is 13.2. The fourth-order valence-corrected chi connectivity index (χ4v) is 1.99. The summed E-state index contributed by atoms with van der Waals surface area (Å²) in [6, 6.07) is 12.7. The molecule has 2 N–H and O–H groups in total. The van der Waals surface area contributed by atoms with E-state index in [9.17, 15) is 9.90 Å². The normalized spacial score (nSPS) is 10.7. The monoisotopic (exact) mass is 312 g/mol. The zero-order chi connectivity index (χ0) is 16.7. The van der Waals surface area contributed by atoms with Gasteiger partial charge in [0.05, 0.1) is 19.2 Å². The number of aryl methyl sites for hydroxylation is 1. The first-order valence-electron chi connectivity index (χ1n) is 7.41. The molecule has 23 heavy (non-hydrogen) atoms. The molecule has 2 rings (SSSR count). The van der Waals surface area contributed by atoms with Gasteiger partial charge in [-0.3, -0.25) is 4.79 Å². The van der Waals surface area contributed by atoms with Crippen molar-refractivity contribution < 1.29 is 14.6 Å². The molecule has 0 aromatic heterocycles. The van der Waals surface area contributed by atoms with Gasteiger partial charge in [-0.1, -0.05) is 29.8 Å². The summed E-state index contributed by atoms with van der Waals surface area (Å²) < 4.78 is 5.29. The van der Waals surface area contributed by atoms with Gasteiger partial charge in [0.15, 0.2) is 11.5 Å². The Bertz CT molecular complexity index is 694. The summed E-state index contributed by atoms with van der Waals surface area (Å²) in [5.41, 5.74) is 5.31. The first-order valence-corrected chi connectivity index (χ1v) is 7.41. The first kappa shape index (κ1) is 16.5. The second-order valence-electron chi connectivity index (χ2n) is 5.12. The Balaban J connectivity index is 1.91. The third kappa shape index (κ3) is 5.14. The second kappa shape index (κ2) is 7.98. The van der Waals surface area contributed by atoms with Crippen LogP contribution in [0.4, 0.5) is 0 Å². The number of nitrogens with one attached hydrogen (secondary N) is 1. The number of nitrogens with zero attached hydrogens (tertiary/aromatic N) is 1. The number of benzene rings is 2. The number of aromatic hydroxyl groups is 1. The summed E-state index contributed by atoms with van der Waals surface area (Å²) in [6.07, 6.45) is 1.78. The minimum absolute atomic E-state index is 0.0763. The lowest BCUT2D eigenvalue weighted by molar-refractivity contribution is -0.120. The fourth-order valence-electron chi connectivity index (χ4n) is 1.99. The van der Waals surface area contributed by atoms with Crippen LogP contribution in [0, 0.1) is 6.92 Å². The Morgan fingerprint density at radius 3 is 2.70 bits per heavy atom. The maximum atomic E-state index is 11.8. The van der Waals surface area contributed by atoms with Gasteiger partial charge in [-0.2, -0.15) is 5.10 Å². The van der Waals surface area contributed by atoms with Gasteiger partial charge < -0.3 is 9.84 Å². The molecule has 0 aliphatic heterocycles. The van der Waals surface area contributed by atoms with Crippen LogP contribution in [0.25, 0.3) is 0 Å². The van der Waals surface area contributed by atoms with Crippen LogP contribution in [0.3, 0.4) is 0 Å². The van der Waals surface area contributed by atoms with Crippen molar-refractivity contribution in [2.75, 3.05) is 6.61 Å². The lowest BCUT2D eigenvalue weighted by Crippen LogP contribution is -2.19. The van der Waals surface area contributed by atoms with Crippen molar-refractivity contribution >= 4 is 12.1 Å². The van der Waals surface area contributed by atoms with Crippen molar-refractivity contribution in [3.05, 3.63) is 59.2 Å². The molecular formula is C18H20N2O3. The van der Waals surface area contributed by atoms with E-state index in [2.05, 4.69) is 10.5 Å². The third-order valence-corrected chi connectivity index (χ3v) is 3.17. The standard InChI is InChI=1S/C18H20N2O3/c1-3-23-17-10-15(8-9-16(17)21)12-19-20-18(22)11-14-6-4-13(2)5-7-14/h4-10,12,21H,3,11H2,1-2H3,(H,20,22)/b19-12-. The molecule has 120 valence electrons. The van der Waals surface area contributed by atoms with E-state index >= 15 is 0 Å². The Morgan fingerprint density at radius 1 is 1.26 bits per heavy atom. The number of amides is 1. The number of hydrogen-bond acceptors (Lipinski definition) is 4. The molecule has 0 spiro atoms. The average molecular weight is 312 g/mol. The van der Waals surface area contributed by atoms with E-state index in [1.54, 1.807) is 12.1 Å². The summed E-state index contributed by atoms with van der Waals surface area (Å²) >= 11 is 0. The summed E-state index contributed by atoms with van der Waals surface area (Å²) in [4.78, 5) is 11.8. The van der Waals surface area contributed by atoms with Gasteiger partial charge >= 0.3 is 0 Å². The Kier molecular flexibility index (Phi) is 5.74. The van der Waals surface area contributed by atoms with Crippen molar-refractivity contribution in [1.82, 2.24) is 5.43 Å². The molecular weight excluding hydrogens is 292 g/mol. The molecule has 0 unspecified atom stereocenters. The highest BCUT2D eigenvalue weighted by Gasteiger charge is 2.03. The van der Waals surface area contributed by atoms with Crippen LogP contribution in [-0.4, -0.2) is 23.8 Å².